The highest BCUT2D eigenvalue weighted by Crippen LogP contribution is 2.16. The smallest absolute Gasteiger partial charge is 0.277 e. The Labute approximate surface area is 132 Å². The zero-order valence-corrected chi connectivity index (χ0v) is 13.1. The number of nitrogens with zero attached hydrogens (tertiary/aromatic N) is 3. The molecule has 0 radical (unpaired) electrons. The van der Waals surface area contributed by atoms with Crippen LogP contribution in [0.1, 0.15) is 17.3 Å². The van der Waals surface area contributed by atoms with Crippen molar-refractivity contribution < 1.29 is 9.53 Å². The topological polar surface area (TPSA) is 77.6 Å². The van der Waals surface area contributed by atoms with Gasteiger partial charge in [-0.3, -0.25) is 9.59 Å². The van der Waals surface area contributed by atoms with Crippen LogP contribution >= 0.6 is 0 Å². The molecule has 0 unspecified atom stereocenters. The molecule has 0 aliphatic heterocycles. The lowest BCUT2D eigenvalue weighted by Crippen LogP contribution is -2.27. The molecular formula is C16H18N4O3. The van der Waals surface area contributed by atoms with Gasteiger partial charge >= 0.3 is 0 Å². The van der Waals surface area contributed by atoms with Crippen molar-refractivity contribution >= 4 is 22.5 Å². The Morgan fingerprint density at radius 3 is 2.83 bits per heavy atom. The van der Waals surface area contributed by atoms with E-state index in [-0.39, 0.29) is 11.5 Å². The zero-order valence-electron chi connectivity index (χ0n) is 13.1. The molecule has 0 saturated carbocycles. The number of amides is 1. The first kappa shape index (κ1) is 15.2. The second kappa shape index (κ2) is 6.21. The van der Waals surface area contributed by atoms with Gasteiger partial charge in [0, 0.05) is 25.8 Å². The Hall–Kier alpha value is -2.67. The fourth-order valence-electron chi connectivity index (χ4n) is 2.65. The van der Waals surface area contributed by atoms with Crippen LogP contribution in [0.15, 0.2) is 35.3 Å². The predicted octanol–water partition coefficient (Wildman–Crippen LogP) is 1.05. The fourth-order valence-corrected chi connectivity index (χ4v) is 2.65. The normalized spacial score (nSPS) is 11.2. The van der Waals surface area contributed by atoms with Crippen LogP contribution in [0.4, 0.5) is 0 Å². The van der Waals surface area contributed by atoms with E-state index in [1.165, 1.54) is 0 Å². The molecule has 0 spiro atoms. The van der Waals surface area contributed by atoms with Gasteiger partial charge in [-0.2, -0.15) is 5.10 Å². The summed E-state index contributed by atoms with van der Waals surface area (Å²) in [4.78, 5) is 24.7. The molecular weight excluding hydrogens is 296 g/mol. The molecule has 7 nitrogen and oxygen atoms in total. The second-order valence-corrected chi connectivity index (χ2v) is 5.13. The van der Waals surface area contributed by atoms with Crippen LogP contribution < -0.4 is 10.9 Å². The molecule has 0 fully saturated rings. The Morgan fingerprint density at radius 1 is 1.26 bits per heavy atom. The maximum atomic E-state index is 12.5. The summed E-state index contributed by atoms with van der Waals surface area (Å²) in [6.45, 7) is 3.31. The summed E-state index contributed by atoms with van der Waals surface area (Å²) in [5.41, 5.74) is 2.39. The predicted molar refractivity (Wildman–Crippen MR) is 86.8 cm³/mol. The standard InChI is InChI=1S/C16H18N4O3/c1-3-19-14-10-11(15(21)17-8-9-23-2)4-5-12(14)20-13(16(19)22)6-7-18-20/h4-7,10H,3,8-9H2,1-2H3,(H,17,21). The molecule has 3 aromatic rings. The highest BCUT2D eigenvalue weighted by molar-refractivity contribution is 5.97. The maximum Gasteiger partial charge on any atom is 0.277 e. The van der Waals surface area contributed by atoms with Crippen molar-refractivity contribution in [3.05, 3.63) is 46.4 Å². The van der Waals surface area contributed by atoms with E-state index in [0.29, 0.717) is 36.3 Å². The molecule has 1 N–H and O–H groups in total. The lowest BCUT2D eigenvalue weighted by Gasteiger charge is -2.11. The first-order valence-corrected chi connectivity index (χ1v) is 7.44. The van der Waals surface area contributed by atoms with Gasteiger partial charge in [0.1, 0.15) is 5.52 Å². The number of hydrogen-bond donors (Lipinski definition) is 1. The highest BCUT2D eigenvalue weighted by Gasteiger charge is 2.13. The van der Waals surface area contributed by atoms with Gasteiger partial charge in [0.25, 0.3) is 11.5 Å². The zero-order chi connectivity index (χ0) is 16.4. The first-order valence-electron chi connectivity index (χ1n) is 7.44. The van der Waals surface area contributed by atoms with E-state index in [9.17, 15) is 9.59 Å². The van der Waals surface area contributed by atoms with Gasteiger partial charge in [0.15, 0.2) is 0 Å². The average Bonchev–Trinajstić information content (AvgIpc) is 3.05. The summed E-state index contributed by atoms with van der Waals surface area (Å²) < 4.78 is 8.18. The lowest BCUT2D eigenvalue weighted by molar-refractivity contribution is 0.0937. The van der Waals surface area contributed by atoms with Gasteiger partial charge in [-0.25, -0.2) is 4.52 Å². The molecule has 2 aromatic heterocycles. The van der Waals surface area contributed by atoms with Crippen LogP contribution in [0.25, 0.3) is 16.6 Å². The van der Waals surface area contributed by atoms with Crippen LogP contribution in [0.2, 0.25) is 0 Å². The van der Waals surface area contributed by atoms with Gasteiger partial charge in [0.05, 0.1) is 23.8 Å². The summed E-state index contributed by atoms with van der Waals surface area (Å²) in [5.74, 6) is -0.195. The number of aromatic nitrogens is 3. The van der Waals surface area contributed by atoms with Crippen molar-refractivity contribution in [3.8, 4) is 0 Å². The lowest BCUT2D eigenvalue weighted by atomic mass is 10.1. The van der Waals surface area contributed by atoms with Crippen LogP contribution in [-0.2, 0) is 11.3 Å². The fraction of sp³-hybridized carbons (Fsp3) is 0.312. The third kappa shape index (κ3) is 2.59. The van der Waals surface area contributed by atoms with Crippen molar-refractivity contribution in [1.82, 2.24) is 19.5 Å². The molecule has 0 aliphatic carbocycles. The van der Waals surface area contributed by atoms with Crippen molar-refractivity contribution in [1.29, 1.82) is 0 Å². The molecule has 0 atom stereocenters. The number of fused-ring (bicyclic) bond motifs is 3. The van der Waals surface area contributed by atoms with E-state index in [1.54, 1.807) is 40.6 Å². The number of carbonyl (C=O) groups is 1. The summed E-state index contributed by atoms with van der Waals surface area (Å²) >= 11 is 0. The van der Waals surface area contributed by atoms with Gasteiger partial charge < -0.3 is 14.6 Å². The van der Waals surface area contributed by atoms with Gasteiger partial charge in [-0.1, -0.05) is 0 Å². The van der Waals surface area contributed by atoms with Crippen LogP contribution in [0.5, 0.6) is 0 Å². The van der Waals surface area contributed by atoms with Gasteiger partial charge in [-0.15, -0.1) is 0 Å². The molecule has 1 amide bonds. The molecule has 0 saturated heterocycles. The number of nitrogens with one attached hydrogen (secondary N) is 1. The number of aryl methyl sites for hydroxylation is 1. The number of methoxy groups -OCH3 is 1. The third-order valence-corrected chi connectivity index (χ3v) is 3.77. The van der Waals surface area contributed by atoms with Crippen molar-refractivity contribution in [3.63, 3.8) is 0 Å². The number of hydrogen-bond acceptors (Lipinski definition) is 4. The molecule has 120 valence electrons. The minimum absolute atomic E-state index is 0.116. The minimum atomic E-state index is -0.195. The third-order valence-electron chi connectivity index (χ3n) is 3.77. The van der Waals surface area contributed by atoms with Crippen LogP contribution in [0.3, 0.4) is 0 Å². The molecule has 0 aliphatic rings. The molecule has 0 bridgehead atoms. The number of ether oxygens (including phenoxy) is 1. The SMILES string of the molecule is CCn1c(=O)c2ccnn2c2ccc(C(=O)NCCOC)cc21. The largest absolute Gasteiger partial charge is 0.383 e. The molecule has 3 rings (SSSR count). The summed E-state index contributed by atoms with van der Waals surface area (Å²) in [6.07, 6.45) is 1.60. The minimum Gasteiger partial charge on any atom is -0.383 e. The molecule has 23 heavy (non-hydrogen) atoms. The van der Waals surface area contributed by atoms with Crippen LogP contribution in [-0.4, -0.2) is 40.3 Å². The van der Waals surface area contributed by atoms with E-state index >= 15 is 0 Å². The Morgan fingerprint density at radius 2 is 2.09 bits per heavy atom. The highest BCUT2D eigenvalue weighted by atomic mass is 16.5. The van der Waals surface area contributed by atoms with Crippen molar-refractivity contribution in [2.24, 2.45) is 0 Å². The molecule has 1 aromatic carbocycles. The van der Waals surface area contributed by atoms with Crippen LogP contribution in [0, 0.1) is 0 Å². The van der Waals surface area contributed by atoms with E-state index in [1.807, 2.05) is 13.0 Å². The summed E-state index contributed by atoms with van der Waals surface area (Å²) in [7, 11) is 1.58. The maximum absolute atomic E-state index is 12.5. The van der Waals surface area contributed by atoms with E-state index < -0.39 is 0 Å². The van der Waals surface area contributed by atoms with Gasteiger partial charge in [0.2, 0.25) is 0 Å². The second-order valence-electron chi connectivity index (χ2n) is 5.13. The van der Waals surface area contributed by atoms with Crippen molar-refractivity contribution in [2.45, 2.75) is 13.5 Å². The van der Waals surface area contributed by atoms with E-state index in [0.717, 1.165) is 5.52 Å². The van der Waals surface area contributed by atoms with E-state index in [2.05, 4.69) is 10.4 Å². The Balaban J connectivity index is 2.13. The molecule has 7 heteroatoms. The molecule has 2 heterocycles. The average molecular weight is 314 g/mol. The number of carbonyl (C=O) groups excluding carboxylic acids is 1. The number of benzene rings is 1. The number of rotatable bonds is 5. The monoisotopic (exact) mass is 314 g/mol. The van der Waals surface area contributed by atoms with Gasteiger partial charge in [-0.05, 0) is 31.2 Å². The van der Waals surface area contributed by atoms with Crippen molar-refractivity contribution in [2.75, 3.05) is 20.3 Å². The summed E-state index contributed by atoms with van der Waals surface area (Å²) in [6, 6.07) is 6.96. The quantitative estimate of drug-likeness (QED) is 0.714. The Kier molecular flexibility index (Phi) is 4.12. The van der Waals surface area contributed by atoms with E-state index in [4.69, 9.17) is 4.74 Å². The Bertz CT molecular complexity index is 926. The first-order chi connectivity index (χ1) is 11.2. The summed E-state index contributed by atoms with van der Waals surface area (Å²) in [5, 5.41) is 6.98.